The Labute approximate surface area is 150 Å². The Morgan fingerprint density at radius 3 is 2.77 bits per heavy atom. The summed E-state index contributed by atoms with van der Waals surface area (Å²) in [5.74, 6) is 0.435. The van der Waals surface area contributed by atoms with Crippen LogP contribution in [0.1, 0.15) is 29.8 Å². The van der Waals surface area contributed by atoms with Crippen LogP contribution in [0.2, 0.25) is 0 Å². The van der Waals surface area contributed by atoms with Crippen molar-refractivity contribution in [3.63, 3.8) is 0 Å². The van der Waals surface area contributed by atoms with Crippen molar-refractivity contribution in [2.24, 2.45) is 5.92 Å². The number of benzene rings is 1. The third-order valence-corrected chi connectivity index (χ3v) is 5.07. The van der Waals surface area contributed by atoms with Crippen molar-refractivity contribution in [3.8, 4) is 0 Å². The van der Waals surface area contributed by atoms with Gasteiger partial charge in [0.05, 0.1) is 5.52 Å². The lowest BCUT2D eigenvalue weighted by Crippen LogP contribution is -2.39. The number of likely N-dealkylation sites (tertiary alicyclic amines) is 1. The molecule has 26 heavy (non-hydrogen) atoms. The number of hydrogen-bond donors (Lipinski definition) is 1. The fraction of sp³-hybridized carbons (Fsp3) is 0.368. The molecule has 1 fully saturated rings. The molecule has 1 saturated heterocycles. The van der Waals surface area contributed by atoms with E-state index >= 15 is 0 Å². The van der Waals surface area contributed by atoms with Crippen LogP contribution in [-0.4, -0.2) is 43.6 Å². The number of amides is 1. The fourth-order valence-electron chi connectivity index (χ4n) is 3.59. The normalized spacial score (nSPS) is 15.5. The molecule has 1 aliphatic rings. The molecule has 1 aromatic carbocycles. The fourth-order valence-corrected chi connectivity index (χ4v) is 3.59. The minimum atomic E-state index is -0.485. The van der Waals surface area contributed by atoms with E-state index in [4.69, 9.17) is 0 Å². The maximum Gasteiger partial charge on any atom is 0.346 e. The molecule has 1 aliphatic heterocycles. The van der Waals surface area contributed by atoms with Crippen LogP contribution in [-0.2, 0) is 6.54 Å². The average molecular weight is 351 g/mol. The van der Waals surface area contributed by atoms with E-state index in [1.807, 2.05) is 40.0 Å². The van der Waals surface area contributed by atoms with E-state index in [1.54, 1.807) is 12.3 Å². The first-order valence-corrected chi connectivity index (χ1v) is 8.96. The van der Waals surface area contributed by atoms with Gasteiger partial charge >= 0.3 is 5.69 Å². The zero-order chi connectivity index (χ0) is 17.9. The maximum atomic E-state index is 12.9. The zero-order valence-electron chi connectivity index (χ0n) is 14.5. The minimum Gasteiger partial charge on any atom is -0.337 e. The number of hydrogen-bond acceptors (Lipinski definition) is 4. The van der Waals surface area contributed by atoms with Crippen molar-refractivity contribution in [3.05, 3.63) is 58.9 Å². The van der Waals surface area contributed by atoms with Crippen molar-refractivity contribution in [1.82, 2.24) is 24.6 Å². The number of H-pyrrole nitrogens is 1. The van der Waals surface area contributed by atoms with Crippen molar-refractivity contribution < 1.29 is 4.79 Å². The Balaban J connectivity index is 1.43. The zero-order valence-corrected chi connectivity index (χ0v) is 14.5. The molecule has 7 heteroatoms. The number of piperidine rings is 1. The lowest BCUT2D eigenvalue weighted by Gasteiger charge is -2.32. The van der Waals surface area contributed by atoms with E-state index in [2.05, 4.69) is 15.1 Å². The van der Waals surface area contributed by atoms with Crippen LogP contribution in [0.15, 0.2) is 47.5 Å². The third-order valence-electron chi connectivity index (χ3n) is 5.07. The smallest absolute Gasteiger partial charge is 0.337 e. The Bertz CT molecular complexity index is 955. The molecule has 0 radical (unpaired) electrons. The van der Waals surface area contributed by atoms with E-state index in [0.29, 0.717) is 29.9 Å². The van der Waals surface area contributed by atoms with E-state index in [9.17, 15) is 9.59 Å². The number of rotatable bonds is 4. The van der Waals surface area contributed by atoms with Gasteiger partial charge in [0, 0.05) is 37.4 Å². The van der Waals surface area contributed by atoms with Crippen LogP contribution >= 0.6 is 0 Å². The van der Waals surface area contributed by atoms with Crippen molar-refractivity contribution in [2.45, 2.75) is 25.8 Å². The van der Waals surface area contributed by atoms with Crippen molar-refractivity contribution >= 4 is 16.8 Å². The number of fused-ring (bicyclic) bond motifs is 1. The molecular weight excluding hydrogens is 330 g/mol. The molecule has 2 aromatic heterocycles. The highest BCUT2D eigenvalue weighted by Gasteiger charge is 2.25. The summed E-state index contributed by atoms with van der Waals surface area (Å²) in [6, 6.07) is 9.22. The van der Waals surface area contributed by atoms with Crippen LogP contribution in [0, 0.1) is 5.92 Å². The van der Waals surface area contributed by atoms with Gasteiger partial charge in [-0.25, -0.2) is 4.79 Å². The molecule has 0 aliphatic carbocycles. The molecule has 7 nitrogen and oxygen atoms in total. The van der Waals surface area contributed by atoms with Crippen LogP contribution < -0.4 is 5.69 Å². The standard InChI is InChI=1S/C19H21N5O2/c25-18(17-15-4-1-2-5-16(15)21-19(26)22-17)23-11-6-14(7-12-23)8-13-24-10-3-9-20-24/h1-5,9-10,14H,6-8,11-13H2,(H,21,22,26). The largest absolute Gasteiger partial charge is 0.346 e. The van der Waals surface area contributed by atoms with Gasteiger partial charge in [-0.1, -0.05) is 18.2 Å². The Kier molecular flexibility index (Phi) is 4.51. The van der Waals surface area contributed by atoms with Gasteiger partial charge in [-0.05, 0) is 37.3 Å². The van der Waals surface area contributed by atoms with Gasteiger partial charge in [0.15, 0.2) is 0 Å². The molecule has 0 bridgehead atoms. The SMILES string of the molecule is O=C(c1nc(=O)[nH]c2ccccc12)N1CCC(CCn2cccn2)CC1. The van der Waals surface area contributed by atoms with Crippen LogP contribution in [0.3, 0.4) is 0 Å². The predicted molar refractivity (Wildman–Crippen MR) is 97.8 cm³/mol. The highest BCUT2D eigenvalue weighted by atomic mass is 16.2. The molecule has 0 unspecified atom stereocenters. The number of para-hydroxylation sites is 1. The van der Waals surface area contributed by atoms with Gasteiger partial charge in [-0.15, -0.1) is 0 Å². The lowest BCUT2D eigenvalue weighted by atomic mass is 9.93. The van der Waals surface area contributed by atoms with Gasteiger partial charge in [0.25, 0.3) is 5.91 Å². The number of aromatic amines is 1. The number of carbonyl (C=O) groups is 1. The molecule has 1 amide bonds. The van der Waals surface area contributed by atoms with E-state index in [1.165, 1.54) is 0 Å². The second-order valence-corrected chi connectivity index (χ2v) is 6.73. The lowest BCUT2D eigenvalue weighted by molar-refractivity contribution is 0.0680. The molecule has 1 N–H and O–H groups in total. The summed E-state index contributed by atoms with van der Waals surface area (Å²) in [6.07, 6.45) is 6.76. The molecule has 134 valence electrons. The van der Waals surface area contributed by atoms with E-state index in [-0.39, 0.29) is 11.6 Å². The Hall–Kier alpha value is -2.96. The topological polar surface area (TPSA) is 83.9 Å². The first kappa shape index (κ1) is 16.5. The minimum absolute atomic E-state index is 0.155. The molecule has 3 aromatic rings. The summed E-state index contributed by atoms with van der Waals surface area (Å²) >= 11 is 0. The summed E-state index contributed by atoms with van der Waals surface area (Å²) in [5.41, 5.74) is 0.408. The summed E-state index contributed by atoms with van der Waals surface area (Å²) in [6.45, 7) is 2.31. The summed E-state index contributed by atoms with van der Waals surface area (Å²) in [4.78, 5) is 33.2. The van der Waals surface area contributed by atoms with Gasteiger partial charge in [0.2, 0.25) is 0 Å². The van der Waals surface area contributed by atoms with Crippen LogP contribution in [0.4, 0.5) is 0 Å². The van der Waals surface area contributed by atoms with Crippen molar-refractivity contribution in [1.29, 1.82) is 0 Å². The number of nitrogens with one attached hydrogen (secondary N) is 1. The van der Waals surface area contributed by atoms with E-state index in [0.717, 1.165) is 25.8 Å². The molecule has 0 spiro atoms. The maximum absolute atomic E-state index is 12.9. The van der Waals surface area contributed by atoms with Gasteiger partial charge < -0.3 is 9.88 Å². The highest BCUT2D eigenvalue weighted by molar-refractivity contribution is 6.04. The number of aromatic nitrogens is 4. The second kappa shape index (κ2) is 7.11. The monoisotopic (exact) mass is 351 g/mol. The molecule has 0 saturated carbocycles. The van der Waals surface area contributed by atoms with Crippen LogP contribution in [0.25, 0.3) is 10.9 Å². The average Bonchev–Trinajstić information content (AvgIpc) is 3.19. The van der Waals surface area contributed by atoms with Gasteiger partial charge in [-0.3, -0.25) is 9.48 Å². The van der Waals surface area contributed by atoms with Crippen LogP contribution in [0.5, 0.6) is 0 Å². The third kappa shape index (κ3) is 3.37. The number of nitrogens with zero attached hydrogens (tertiary/aromatic N) is 4. The van der Waals surface area contributed by atoms with Crippen molar-refractivity contribution in [2.75, 3.05) is 13.1 Å². The van der Waals surface area contributed by atoms with Gasteiger partial charge in [-0.2, -0.15) is 10.1 Å². The summed E-state index contributed by atoms with van der Waals surface area (Å²) in [5, 5.41) is 4.92. The first-order valence-electron chi connectivity index (χ1n) is 8.96. The predicted octanol–water partition coefficient (Wildman–Crippen LogP) is 2.06. The number of carbonyl (C=O) groups excluding carboxylic acids is 1. The first-order chi connectivity index (χ1) is 12.7. The molecule has 0 atom stereocenters. The number of aryl methyl sites for hydroxylation is 1. The van der Waals surface area contributed by atoms with Gasteiger partial charge in [0.1, 0.15) is 5.69 Å². The Morgan fingerprint density at radius 2 is 2.00 bits per heavy atom. The summed E-state index contributed by atoms with van der Waals surface area (Å²) < 4.78 is 1.95. The quantitative estimate of drug-likeness (QED) is 0.780. The van der Waals surface area contributed by atoms with E-state index < -0.39 is 5.69 Å². The Morgan fingerprint density at radius 1 is 1.19 bits per heavy atom. The highest BCUT2D eigenvalue weighted by Crippen LogP contribution is 2.23. The second-order valence-electron chi connectivity index (χ2n) is 6.73. The molecular formula is C19H21N5O2. The summed E-state index contributed by atoms with van der Waals surface area (Å²) in [7, 11) is 0. The molecule has 4 rings (SSSR count). The molecule has 3 heterocycles.